The minimum Gasteiger partial charge on any atom is -0.481 e. The van der Waals surface area contributed by atoms with Gasteiger partial charge >= 0.3 is 0 Å². The van der Waals surface area contributed by atoms with Crippen molar-refractivity contribution in [1.29, 1.82) is 0 Å². The standard InChI is InChI=1S/C18H22N4O3/c1-23-17-8-16(20-13-21-17)22-11-18(12-22)14(5-7-25-18)9-24-10-15-4-2-3-6-19-15/h2-4,6,8,13-14H,5,7,9-12H2,1H3/t14-/m1/s1. The molecule has 25 heavy (non-hydrogen) atoms. The first-order chi connectivity index (χ1) is 12.3. The third-order valence-corrected chi connectivity index (χ3v) is 4.97. The minimum atomic E-state index is -0.123. The lowest BCUT2D eigenvalue weighted by atomic mass is 9.81. The number of ether oxygens (including phenoxy) is 3. The lowest BCUT2D eigenvalue weighted by Gasteiger charge is -2.50. The summed E-state index contributed by atoms with van der Waals surface area (Å²) in [5, 5.41) is 0. The summed E-state index contributed by atoms with van der Waals surface area (Å²) in [7, 11) is 1.61. The smallest absolute Gasteiger partial charge is 0.218 e. The fourth-order valence-corrected chi connectivity index (χ4v) is 3.54. The molecule has 0 radical (unpaired) electrons. The summed E-state index contributed by atoms with van der Waals surface area (Å²) in [5.41, 5.74) is 0.834. The molecule has 0 unspecified atom stereocenters. The Labute approximate surface area is 147 Å². The molecule has 1 atom stereocenters. The second kappa shape index (κ2) is 6.93. The Morgan fingerprint density at radius 2 is 2.20 bits per heavy atom. The lowest BCUT2D eigenvalue weighted by Crippen LogP contribution is -2.65. The summed E-state index contributed by atoms with van der Waals surface area (Å²) in [6, 6.07) is 7.73. The maximum atomic E-state index is 6.09. The average Bonchev–Trinajstić information content (AvgIpc) is 3.05. The van der Waals surface area contributed by atoms with Gasteiger partial charge in [-0.3, -0.25) is 4.98 Å². The van der Waals surface area contributed by atoms with Gasteiger partial charge in [-0.2, -0.15) is 0 Å². The van der Waals surface area contributed by atoms with E-state index in [4.69, 9.17) is 14.2 Å². The van der Waals surface area contributed by atoms with Gasteiger partial charge in [0.15, 0.2) is 0 Å². The van der Waals surface area contributed by atoms with Gasteiger partial charge in [-0.15, -0.1) is 0 Å². The number of anilines is 1. The quantitative estimate of drug-likeness (QED) is 0.791. The number of hydrogen-bond acceptors (Lipinski definition) is 7. The van der Waals surface area contributed by atoms with Crippen LogP contribution in [0.3, 0.4) is 0 Å². The van der Waals surface area contributed by atoms with Gasteiger partial charge in [0, 0.05) is 24.8 Å². The Morgan fingerprint density at radius 1 is 1.28 bits per heavy atom. The summed E-state index contributed by atoms with van der Waals surface area (Å²) in [4.78, 5) is 14.9. The first kappa shape index (κ1) is 16.2. The zero-order chi connectivity index (χ0) is 17.1. The molecule has 0 saturated carbocycles. The van der Waals surface area contributed by atoms with Crippen LogP contribution >= 0.6 is 0 Å². The van der Waals surface area contributed by atoms with Crippen molar-refractivity contribution >= 4 is 5.82 Å². The second-order valence-corrected chi connectivity index (χ2v) is 6.51. The number of rotatable bonds is 6. The number of aromatic nitrogens is 3. The highest BCUT2D eigenvalue weighted by Crippen LogP contribution is 2.41. The van der Waals surface area contributed by atoms with Gasteiger partial charge in [0.2, 0.25) is 5.88 Å². The maximum Gasteiger partial charge on any atom is 0.218 e. The molecule has 2 aromatic rings. The summed E-state index contributed by atoms with van der Waals surface area (Å²) >= 11 is 0. The van der Waals surface area contributed by atoms with E-state index in [0.717, 1.165) is 37.6 Å². The molecule has 0 aromatic carbocycles. The molecule has 7 heteroatoms. The highest BCUT2D eigenvalue weighted by molar-refractivity contribution is 5.46. The molecular weight excluding hydrogens is 320 g/mol. The van der Waals surface area contributed by atoms with Crippen LogP contribution in [0.15, 0.2) is 36.8 Å². The molecule has 1 spiro atoms. The molecular formula is C18H22N4O3. The Morgan fingerprint density at radius 3 is 3.00 bits per heavy atom. The lowest BCUT2D eigenvalue weighted by molar-refractivity contribution is -0.0657. The number of pyridine rings is 1. The van der Waals surface area contributed by atoms with Crippen LogP contribution < -0.4 is 9.64 Å². The highest BCUT2D eigenvalue weighted by Gasteiger charge is 2.53. The van der Waals surface area contributed by atoms with Gasteiger partial charge in [-0.05, 0) is 18.6 Å². The molecule has 0 aliphatic carbocycles. The Bertz CT molecular complexity index is 706. The molecule has 2 aliphatic heterocycles. The van der Waals surface area contributed by atoms with Crippen LogP contribution in [0.1, 0.15) is 12.1 Å². The maximum absolute atomic E-state index is 6.09. The van der Waals surface area contributed by atoms with Crippen LogP contribution in [0.2, 0.25) is 0 Å². The van der Waals surface area contributed by atoms with Crippen molar-refractivity contribution in [3.05, 3.63) is 42.5 Å². The zero-order valence-electron chi connectivity index (χ0n) is 14.3. The van der Waals surface area contributed by atoms with Gasteiger partial charge in [-0.1, -0.05) is 6.07 Å². The van der Waals surface area contributed by atoms with Crippen molar-refractivity contribution in [3.8, 4) is 5.88 Å². The third kappa shape index (κ3) is 3.29. The van der Waals surface area contributed by atoms with Crippen LogP contribution in [0.4, 0.5) is 5.82 Å². The van der Waals surface area contributed by atoms with Gasteiger partial charge in [-0.25, -0.2) is 9.97 Å². The molecule has 0 N–H and O–H groups in total. The molecule has 4 heterocycles. The van der Waals surface area contributed by atoms with Crippen LogP contribution in [0, 0.1) is 5.92 Å². The number of hydrogen-bond donors (Lipinski definition) is 0. The van der Waals surface area contributed by atoms with E-state index in [9.17, 15) is 0 Å². The molecule has 2 saturated heterocycles. The van der Waals surface area contributed by atoms with Crippen molar-refractivity contribution in [3.63, 3.8) is 0 Å². The predicted molar refractivity (Wildman–Crippen MR) is 91.5 cm³/mol. The second-order valence-electron chi connectivity index (χ2n) is 6.51. The number of methoxy groups -OCH3 is 1. The SMILES string of the molecule is COc1cc(N2CC3(C2)OCC[C@@H]3COCc2ccccn2)ncn1. The normalized spacial score (nSPS) is 21.3. The Kier molecular flexibility index (Phi) is 4.50. The van der Waals surface area contributed by atoms with Gasteiger partial charge in [0.05, 0.1) is 39.1 Å². The van der Waals surface area contributed by atoms with Gasteiger partial charge < -0.3 is 19.1 Å². The molecule has 2 aromatic heterocycles. The van der Waals surface area contributed by atoms with E-state index in [2.05, 4.69) is 19.9 Å². The summed E-state index contributed by atoms with van der Waals surface area (Å²) in [6.45, 7) is 3.67. The third-order valence-electron chi connectivity index (χ3n) is 4.97. The average molecular weight is 342 g/mol. The summed E-state index contributed by atoms with van der Waals surface area (Å²) in [6.07, 6.45) is 4.35. The highest BCUT2D eigenvalue weighted by atomic mass is 16.5. The van der Waals surface area contributed by atoms with Crippen LogP contribution in [-0.2, 0) is 16.1 Å². The zero-order valence-corrected chi connectivity index (χ0v) is 14.3. The fraction of sp³-hybridized carbons (Fsp3) is 0.500. The fourth-order valence-electron chi connectivity index (χ4n) is 3.54. The van der Waals surface area contributed by atoms with Gasteiger partial charge in [0.1, 0.15) is 17.7 Å². The van der Waals surface area contributed by atoms with Crippen molar-refractivity contribution in [2.24, 2.45) is 5.92 Å². The molecule has 132 valence electrons. The molecule has 2 aliphatic rings. The monoisotopic (exact) mass is 342 g/mol. The predicted octanol–water partition coefficient (Wildman–Crippen LogP) is 1.69. The van der Waals surface area contributed by atoms with Crippen LogP contribution in [-0.4, -0.2) is 54.0 Å². The van der Waals surface area contributed by atoms with E-state index < -0.39 is 0 Å². The summed E-state index contributed by atoms with van der Waals surface area (Å²) < 4.78 is 17.2. The van der Waals surface area contributed by atoms with E-state index in [1.54, 1.807) is 13.3 Å². The molecule has 7 nitrogen and oxygen atoms in total. The van der Waals surface area contributed by atoms with Crippen molar-refractivity contribution < 1.29 is 14.2 Å². The van der Waals surface area contributed by atoms with E-state index in [1.807, 2.05) is 24.3 Å². The molecule has 0 bridgehead atoms. The minimum absolute atomic E-state index is 0.123. The topological polar surface area (TPSA) is 69.6 Å². The number of nitrogens with zero attached hydrogens (tertiary/aromatic N) is 4. The van der Waals surface area contributed by atoms with Gasteiger partial charge in [0.25, 0.3) is 0 Å². The van der Waals surface area contributed by atoms with E-state index in [1.165, 1.54) is 6.33 Å². The molecule has 2 fully saturated rings. The first-order valence-electron chi connectivity index (χ1n) is 8.52. The van der Waals surface area contributed by atoms with Crippen LogP contribution in [0.25, 0.3) is 0 Å². The summed E-state index contributed by atoms with van der Waals surface area (Å²) in [5.74, 6) is 1.85. The van der Waals surface area contributed by atoms with Crippen molar-refractivity contribution in [2.45, 2.75) is 18.6 Å². The van der Waals surface area contributed by atoms with Crippen molar-refractivity contribution in [2.75, 3.05) is 38.3 Å². The van der Waals surface area contributed by atoms with E-state index in [0.29, 0.717) is 25.0 Å². The molecule has 4 rings (SSSR count). The Hall–Kier alpha value is -2.25. The van der Waals surface area contributed by atoms with Crippen LogP contribution in [0.5, 0.6) is 5.88 Å². The molecule has 0 amide bonds. The first-order valence-corrected chi connectivity index (χ1v) is 8.52. The Balaban J connectivity index is 1.33. The van der Waals surface area contributed by atoms with E-state index >= 15 is 0 Å². The van der Waals surface area contributed by atoms with Crippen molar-refractivity contribution in [1.82, 2.24) is 15.0 Å². The largest absolute Gasteiger partial charge is 0.481 e. The van der Waals surface area contributed by atoms with E-state index in [-0.39, 0.29) is 5.60 Å².